The molecular formula is C9H7ClF3NO2. The highest BCUT2D eigenvalue weighted by atomic mass is 35.5. The van der Waals surface area contributed by atoms with Crippen LogP contribution in [0.2, 0.25) is 5.02 Å². The molecule has 0 aromatic carbocycles. The topological polar surface area (TPSA) is 39.2 Å². The molecule has 7 heteroatoms. The molecule has 0 saturated heterocycles. The summed E-state index contributed by atoms with van der Waals surface area (Å²) in [7, 11) is 1.31. The molecule has 0 atom stereocenters. The third-order valence-corrected chi connectivity index (χ3v) is 2.07. The Morgan fingerprint density at radius 1 is 1.50 bits per heavy atom. The first-order valence-corrected chi connectivity index (χ1v) is 4.47. The van der Waals surface area contributed by atoms with Crippen molar-refractivity contribution in [3.05, 3.63) is 22.5 Å². The molecule has 1 aromatic rings. The molecule has 0 aliphatic carbocycles. The molecule has 0 fully saturated rings. The van der Waals surface area contributed by atoms with Crippen LogP contribution < -0.4 is 4.74 Å². The number of ether oxygens (including phenoxy) is 1. The van der Waals surface area contributed by atoms with Crippen molar-refractivity contribution in [2.45, 2.75) is 13.1 Å². The molecular weight excluding hydrogens is 247 g/mol. The Bertz CT molecular complexity index is 408. The first-order valence-electron chi connectivity index (χ1n) is 4.10. The van der Waals surface area contributed by atoms with Crippen molar-refractivity contribution >= 4 is 17.4 Å². The van der Waals surface area contributed by atoms with Crippen LogP contribution in [0.4, 0.5) is 13.2 Å². The van der Waals surface area contributed by atoms with Crippen molar-refractivity contribution < 1.29 is 22.7 Å². The van der Waals surface area contributed by atoms with Crippen LogP contribution in [-0.4, -0.2) is 24.1 Å². The zero-order valence-electron chi connectivity index (χ0n) is 8.35. The summed E-state index contributed by atoms with van der Waals surface area (Å²) < 4.78 is 41.2. The molecule has 88 valence electrons. The Morgan fingerprint density at radius 2 is 2.06 bits per heavy atom. The van der Waals surface area contributed by atoms with Gasteiger partial charge in [-0.15, -0.1) is 0 Å². The quantitative estimate of drug-likeness (QED) is 0.761. The second kappa shape index (κ2) is 4.29. The van der Waals surface area contributed by atoms with Crippen LogP contribution in [0.5, 0.6) is 5.75 Å². The van der Waals surface area contributed by atoms with Gasteiger partial charge in [-0.05, 0) is 13.0 Å². The summed E-state index contributed by atoms with van der Waals surface area (Å²) in [5.41, 5.74) is -0.613. The highest BCUT2D eigenvalue weighted by Gasteiger charge is 2.40. The number of alkyl halides is 3. The van der Waals surface area contributed by atoms with E-state index >= 15 is 0 Å². The van der Waals surface area contributed by atoms with Crippen LogP contribution in [0.15, 0.2) is 6.07 Å². The highest BCUT2D eigenvalue weighted by molar-refractivity contribution is 6.32. The Morgan fingerprint density at radius 3 is 2.44 bits per heavy atom. The van der Waals surface area contributed by atoms with Gasteiger partial charge < -0.3 is 4.74 Å². The van der Waals surface area contributed by atoms with E-state index in [9.17, 15) is 18.0 Å². The number of methoxy groups -OCH3 is 1. The van der Waals surface area contributed by atoms with Crippen LogP contribution in [0.1, 0.15) is 16.2 Å². The molecule has 0 N–H and O–H groups in total. The molecule has 16 heavy (non-hydrogen) atoms. The van der Waals surface area contributed by atoms with Crippen molar-refractivity contribution in [1.29, 1.82) is 0 Å². The van der Waals surface area contributed by atoms with Gasteiger partial charge in [0.2, 0.25) is 0 Å². The van der Waals surface area contributed by atoms with E-state index in [-0.39, 0.29) is 16.5 Å². The van der Waals surface area contributed by atoms with Gasteiger partial charge in [0.15, 0.2) is 5.75 Å². The molecule has 1 aromatic heterocycles. The van der Waals surface area contributed by atoms with E-state index in [1.807, 2.05) is 0 Å². The molecule has 0 bridgehead atoms. The van der Waals surface area contributed by atoms with Gasteiger partial charge in [0.1, 0.15) is 5.69 Å². The number of aryl methyl sites for hydroxylation is 1. The monoisotopic (exact) mass is 253 g/mol. The molecule has 0 amide bonds. The Kier molecular flexibility index (Phi) is 3.42. The normalized spacial score (nSPS) is 11.4. The fourth-order valence-electron chi connectivity index (χ4n) is 1.13. The van der Waals surface area contributed by atoms with Crippen LogP contribution in [0.3, 0.4) is 0 Å². The van der Waals surface area contributed by atoms with Crippen molar-refractivity contribution in [3.63, 3.8) is 0 Å². The number of carbonyl (C=O) groups excluding carboxylic acids is 1. The van der Waals surface area contributed by atoms with Gasteiger partial charge in [-0.1, -0.05) is 11.6 Å². The summed E-state index contributed by atoms with van der Waals surface area (Å²) in [5, 5.41) is -0.0809. The number of nitrogens with zero attached hydrogens (tertiary/aromatic N) is 1. The Labute approximate surface area is 94.2 Å². The highest BCUT2D eigenvalue weighted by Crippen LogP contribution is 2.29. The van der Waals surface area contributed by atoms with E-state index in [1.54, 1.807) is 0 Å². The minimum atomic E-state index is -4.96. The molecule has 0 radical (unpaired) electrons. The maximum absolute atomic E-state index is 12.1. The average Bonchev–Trinajstić information content (AvgIpc) is 2.14. The lowest BCUT2D eigenvalue weighted by Gasteiger charge is -2.09. The number of aromatic nitrogens is 1. The summed E-state index contributed by atoms with van der Waals surface area (Å²) in [5.74, 6) is -1.87. The fourth-order valence-corrected chi connectivity index (χ4v) is 1.45. The van der Waals surface area contributed by atoms with Gasteiger partial charge in [0, 0.05) is 0 Å². The van der Waals surface area contributed by atoms with E-state index in [4.69, 9.17) is 16.3 Å². The molecule has 1 heterocycles. The van der Waals surface area contributed by atoms with E-state index in [0.717, 1.165) is 6.07 Å². The summed E-state index contributed by atoms with van der Waals surface area (Å²) in [4.78, 5) is 14.4. The first-order chi connectivity index (χ1) is 7.27. The summed E-state index contributed by atoms with van der Waals surface area (Å²) in [6, 6.07) is 0.837. The number of hydrogen-bond donors (Lipinski definition) is 0. The average molecular weight is 254 g/mol. The lowest BCUT2D eigenvalue weighted by Crippen LogP contribution is -2.24. The van der Waals surface area contributed by atoms with Gasteiger partial charge >= 0.3 is 6.18 Å². The Balaban J connectivity index is 3.24. The number of Topliss-reactive ketones (excluding diaryl/α,β-unsaturated/α-hetero) is 1. The van der Waals surface area contributed by atoms with E-state index in [1.165, 1.54) is 14.0 Å². The number of ketones is 1. The lowest BCUT2D eigenvalue weighted by molar-refractivity contribution is -0.0888. The molecule has 3 nitrogen and oxygen atoms in total. The number of hydrogen-bond acceptors (Lipinski definition) is 3. The summed E-state index contributed by atoms with van der Waals surface area (Å²) in [6.07, 6.45) is -4.96. The fraction of sp³-hybridized carbons (Fsp3) is 0.333. The summed E-state index contributed by atoms with van der Waals surface area (Å²) in [6.45, 7) is 1.40. The largest absolute Gasteiger partial charge is 0.493 e. The second-order valence-corrected chi connectivity index (χ2v) is 3.34. The van der Waals surface area contributed by atoms with Gasteiger partial charge in [-0.3, -0.25) is 4.79 Å². The predicted octanol–water partition coefficient (Wildman–Crippen LogP) is 2.80. The van der Waals surface area contributed by atoms with E-state index in [2.05, 4.69) is 4.98 Å². The SMILES string of the molecule is COc1c(Cl)cc(C(=O)C(F)(F)F)nc1C. The minimum absolute atomic E-state index is 0.0809. The lowest BCUT2D eigenvalue weighted by atomic mass is 10.2. The molecule has 0 aliphatic rings. The third-order valence-electron chi connectivity index (χ3n) is 1.79. The number of rotatable bonds is 2. The summed E-state index contributed by atoms with van der Waals surface area (Å²) >= 11 is 5.64. The minimum Gasteiger partial charge on any atom is -0.493 e. The third kappa shape index (κ3) is 2.44. The van der Waals surface area contributed by atoms with Crippen molar-refractivity contribution in [2.75, 3.05) is 7.11 Å². The van der Waals surface area contributed by atoms with E-state index < -0.39 is 17.7 Å². The van der Waals surface area contributed by atoms with Crippen molar-refractivity contribution in [1.82, 2.24) is 4.98 Å². The molecule has 0 spiro atoms. The molecule has 0 saturated carbocycles. The zero-order chi connectivity index (χ0) is 12.5. The van der Waals surface area contributed by atoms with Gasteiger partial charge in [0.25, 0.3) is 5.78 Å². The smallest absolute Gasteiger partial charge is 0.456 e. The van der Waals surface area contributed by atoms with Crippen molar-refractivity contribution in [2.24, 2.45) is 0 Å². The standard InChI is InChI=1S/C9H7ClF3NO2/c1-4-7(16-2)5(10)3-6(14-4)8(15)9(11,12)13/h3H,1-2H3. The van der Waals surface area contributed by atoms with Crippen LogP contribution >= 0.6 is 11.6 Å². The maximum Gasteiger partial charge on any atom is 0.456 e. The first kappa shape index (κ1) is 12.8. The van der Waals surface area contributed by atoms with Gasteiger partial charge in [-0.25, -0.2) is 4.98 Å². The van der Waals surface area contributed by atoms with E-state index in [0.29, 0.717) is 0 Å². The van der Waals surface area contributed by atoms with Gasteiger partial charge in [0.05, 0.1) is 17.8 Å². The molecule has 0 aliphatic heterocycles. The van der Waals surface area contributed by atoms with Gasteiger partial charge in [-0.2, -0.15) is 13.2 Å². The number of halogens is 4. The molecule has 0 unspecified atom stereocenters. The van der Waals surface area contributed by atoms with Crippen LogP contribution in [0.25, 0.3) is 0 Å². The Hall–Kier alpha value is -1.30. The number of pyridine rings is 1. The maximum atomic E-state index is 12.1. The van der Waals surface area contributed by atoms with Crippen molar-refractivity contribution in [3.8, 4) is 5.75 Å². The zero-order valence-corrected chi connectivity index (χ0v) is 9.11. The van der Waals surface area contributed by atoms with Crippen LogP contribution in [0, 0.1) is 6.92 Å². The second-order valence-electron chi connectivity index (χ2n) is 2.93. The van der Waals surface area contributed by atoms with Crippen LogP contribution in [-0.2, 0) is 0 Å². The predicted molar refractivity (Wildman–Crippen MR) is 50.9 cm³/mol. The number of carbonyl (C=O) groups is 1. The molecule has 1 rings (SSSR count).